The fraction of sp³-hybridized carbons (Fsp3) is 0.382. The summed E-state index contributed by atoms with van der Waals surface area (Å²) in [6.07, 6.45) is 0.750. The first-order chi connectivity index (χ1) is 19.8. The molecule has 0 aromatic heterocycles. The highest BCUT2D eigenvalue weighted by molar-refractivity contribution is 5.90. The van der Waals surface area contributed by atoms with E-state index in [1.807, 2.05) is 68.4 Å². The summed E-state index contributed by atoms with van der Waals surface area (Å²) in [6.45, 7) is 5.27. The highest BCUT2D eigenvalue weighted by Gasteiger charge is 2.53. The summed E-state index contributed by atoms with van der Waals surface area (Å²) in [6, 6.07) is 30.2. The van der Waals surface area contributed by atoms with Crippen molar-refractivity contribution >= 4 is 17.8 Å². The molecule has 0 radical (unpaired) electrons. The molecule has 2 amide bonds. The molecular formula is C34H39N3O4. The van der Waals surface area contributed by atoms with Crippen LogP contribution in [0.5, 0.6) is 0 Å². The van der Waals surface area contributed by atoms with Gasteiger partial charge in [-0.15, -0.1) is 0 Å². The van der Waals surface area contributed by atoms with Gasteiger partial charge in [0.1, 0.15) is 6.04 Å². The van der Waals surface area contributed by atoms with Crippen LogP contribution in [0.4, 0.5) is 0 Å². The van der Waals surface area contributed by atoms with Crippen LogP contribution >= 0.6 is 0 Å². The normalized spacial score (nSPS) is 18.3. The van der Waals surface area contributed by atoms with E-state index in [1.54, 1.807) is 11.9 Å². The Bertz CT molecular complexity index is 1260. The number of esters is 1. The molecule has 2 fully saturated rings. The van der Waals surface area contributed by atoms with Crippen LogP contribution in [0.1, 0.15) is 37.0 Å². The topological polar surface area (TPSA) is 70.2 Å². The number of likely N-dealkylation sites (N-methyl/N-ethyl adjacent to an activating group) is 1. The number of nitrogens with zero attached hydrogens (tertiary/aromatic N) is 3. The van der Waals surface area contributed by atoms with Crippen LogP contribution in [0.3, 0.4) is 0 Å². The number of rotatable bonds is 9. The fourth-order valence-electron chi connectivity index (χ4n) is 6.53. The van der Waals surface area contributed by atoms with Gasteiger partial charge in [-0.2, -0.15) is 0 Å². The van der Waals surface area contributed by atoms with Crippen LogP contribution in [-0.2, 0) is 24.7 Å². The molecule has 0 aliphatic carbocycles. The standard InChI is InChI=1S/C34H39N3O4/c1-24(2)30(33(40)41-4)35(3)31(38)25-22-36(23-25)32(39)29-20-21-37(29)34(26-14-8-5-9-15-26,27-16-10-6-11-17-27)28-18-12-7-13-19-28/h5-19,24-25,29-30H,20-23H2,1-4H3/t29-,30-/m0/s1. The lowest BCUT2D eigenvalue weighted by Gasteiger charge is -2.56. The van der Waals surface area contributed by atoms with Crippen molar-refractivity contribution < 1.29 is 19.1 Å². The van der Waals surface area contributed by atoms with Gasteiger partial charge in [-0.3, -0.25) is 14.5 Å². The monoisotopic (exact) mass is 553 g/mol. The lowest BCUT2D eigenvalue weighted by Crippen LogP contribution is -2.68. The third kappa shape index (κ3) is 5.04. The Kier molecular flexibility index (Phi) is 8.27. The Hall–Kier alpha value is -3.97. The lowest BCUT2D eigenvalue weighted by atomic mass is 9.72. The average Bonchev–Trinajstić information content (AvgIpc) is 2.95. The quantitative estimate of drug-likeness (QED) is 0.294. The van der Waals surface area contributed by atoms with Crippen molar-refractivity contribution in [3.05, 3.63) is 108 Å². The molecule has 2 aliphatic rings. The van der Waals surface area contributed by atoms with Crippen LogP contribution in [0.25, 0.3) is 0 Å². The predicted octanol–water partition coefficient (Wildman–Crippen LogP) is 4.17. The van der Waals surface area contributed by atoms with E-state index in [-0.39, 0.29) is 29.7 Å². The van der Waals surface area contributed by atoms with Crippen LogP contribution in [0.15, 0.2) is 91.0 Å². The zero-order valence-corrected chi connectivity index (χ0v) is 24.3. The Balaban J connectivity index is 1.41. The van der Waals surface area contributed by atoms with E-state index in [0.717, 1.165) is 29.7 Å². The molecule has 3 aromatic carbocycles. The van der Waals surface area contributed by atoms with Crippen molar-refractivity contribution in [2.24, 2.45) is 11.8 Å². The number of methoxy groups -OCH3 is 1. The maximum Gasteiger partial charge on any atom is 0.328 e. The van der Waals surface area contributed by atoms with E-state index in [9.17, 15) is 14.4 Å². The molecule has 2 heterocycles. The van der Waals surface area contributed by atoms with Gasteiger partial charge in [0, 0.05) is 26.7 Å². The van der Waals surface area contributed by atoms with Gasteiger partial charge in [-0.25, -0.2) is 4.79 Å². The van der Waals surface area contributed by atoms with E-state index in [0.29, 0.717) is 13.1 Å². The van der Waals surface area contributed by atoms with Gasteiger partial charge in [0.25, 0.3) is 0 Å². The van der Waals surface area contributed by atoms with E-state index in [4.69, 9.17) is 4.74 Å². The Morgan fingerprint density at radius 2 is 1.29 bits per heavy atom. The van der Waals surface area contributed by atoms with Crippen molar-refractivity contribution in [3.8, 4) is 0 Å². The molecule has 2 atom stereocenters. The van der Waals surface area contributed by atoms with E-state index >= 15 is 0 Å². The number of carbonyl (C=O) groups is 3. The molecule has 3 aromatic rings. The number of amides is 2. The first-order valence-corrected chi connectivity index (χ1v) is 14.4. The van der Waals surface area contributed by atoms with Crippen LogP contribution in [0.2, 0.25) is 0 Å². The molecule has 41 heavy (non-hydrogen) atoms. The number of benzene rings is 3. The van der Waals surface area contributed by atoms with Crippen molar-refractivity contribution in [2.45, 2.75) is 37.9 Å². The molecule has 0 spiro atoms. The average molecular weight is 554 g/mol. The molecule has 7 nitrogen and oxygen atoms in total. The Labute approximate surface area is 242 Å². The smallest absolute Gasteiger partial charge is 0.328 e. The Morgan fingerprint density at radius 1 is 0.829 bits per heavy atom. The molecule has 0 N–H and O–H groups in total. The lowest BCUT2D eigenvalue weighted by molar-refractivity contribution is -0.162. The molecule has 2 aliphatic heterocycles. The summed E-state index contributed by atoms with van der Waals surface area (Å²) >= 11 is 0. The first kappa shape index (κ1) is 28.6. The zero-order chi connectivity index (χ0) is 29.1. The minimum Gasteiger partial charge on any atom is -0.467 e. The highest BCUT2D eigenvalue weighted by Crippen LogP contribution is 2.47. The maximum absolute atomic E-state index is 14.0. The number of carbonyl (C=O) groups excluding carboxylic acids is 3. The van der Waals surface area contributed by atoms with E-state index < -0.39 is 17.6 Å². The van der Waals surface area contributed by atoms with Crippen molar-refractivity contribution in [3.63, 3.8) is 0 Å². The van der Waals surface area contributed by atoms with Gasteiger partial charge in [0.2, 0.25) is 11.8 Å². The summed E-state index contributed by atoms with van der Waals surface area (Å²) in [4.78, 5) is 45.2. The largest absolute Gasteiger partial charge is 0.467 e. The molecule has 7 heteroatoms. The second kappa shape index (κ2) is 11.9. The third-order valence-electron chi connectivity index (χ3n) is 8.69. The third-order valence-corrected chi connectivity index (χ3v) is 8.69. The zero-order valence-electron chi connectivity index (χ0n) is 24.3. The summed E-state index contributed by atoms with van der Waals surface area (Å²) in [7, 11) is 2.99. The minimum atomic E-state index is -0.650. The second-order valence-electron chi connectivity index (χ2n) is 11.4. The second-order valence-corrected chi connectivity index (χ2v) is 11.4. The van der Waals surface area contributed by atoms with Gasteiger partial charge >= 0.3 is 5.97 Å². The molecule has 2 saturated heterocycles. The summed E-state index contributed by atoms with van der Waals surface area (Å²) in [5, 5.41) is 0. The maximum atomic E-state index is 14.0. The van der Waals surface area contributed by atoms with E-state index in [1.165, 1.54) is 12.0 Å². The summed E-state index contributed by atoms with van der Waals surface area (Å²) in [5.41, 5.74) is 2.68. The highest BCUT2D eigenvalue weighted by atomic mass is 16.5. The van der Waals surface area contributed by atoms with Crippen molar-refractivity contribution in [2.75, 3.05) is 33.8 Å². The molecule has 0 saturated carbocycles. The summed E-state index contributed by atoms with van der Waals surface area (Å²) < 4.78 is 4.94. The molecular weight excluding hydrogens is 514 g/mol. The molecule has 5 rings (SSSR count). The number of likely N-dealkylation sites (tertiary alicyclic amines) is 2. The van der Waals surface area contributed by atoms with Gasteiger partial charge in [-0.05, 0) is 29.0 Å². The van der Waals surface area contributed by atoms with Gasteiger partial charge in [0.05, 0.1) is 24.6 Å². The summed E-state index contributed by atoms with van der Waals surface area (Å²) in [5.74, 6) is -0.919. The first-order valence-electron chi connectivity index (χ1n) is 14.4. The number of hydrogen-bond acceptors (Lipinski definition) is 5. The van der Waals surface area contributed by atoms with E-state index in [2.05, 4.69) is 41.3 Å². The van der Waals surface area contributed by atoms with Crippen molar-refractivity contribution in [1.82, 2.24) is 14.7 Å². The van der Waals surface area contributed by atoms with Crippen molar-refractivity contribution in [1.29, 1.82) is 0 Å². The van der Waals surface area contributed by atoms with Gasteiger partial charge in [0.15, 0.2) is 0 Å². The van der Waals surface area contributed by atoms with Crippen LogP contribution in [0, 0.1) is 11.8 Å². The SMILES string of the molecule is COC(=O)[C@H](C(C)C)N(C)C(=O)C1CN(C(=O)[C@@H]2CCN2C(c2ccccc2)(c2ccccc2)c2ccccc2)C1. The van der Waals surface area contributed by atoms with Gasteiger partial charge in [-0.1, -0.05) is 105 Å². The molecule has 214 valence electrons. The molecule has 0 bridgehead atoms. The molecule has 0 unspecified atom stereocenters. The minimum absolute atomic E-state index is 0.0449. The number of ether oxygens (including phenoxy) is 1. The van der Waals surface area contributed by atoms with Crippen LogP contribution in [-0.4, -0.2) is 78.4 Å². The fourth-order valence-corrected chi connectivity index (χ4v) is 6.53. The van der Waals surface area contributed by atoms with Crippen LogP contribution < -0.4 is 0 Å². The predicted molar refractivity (Wildman–Crippen MR) is 158 cm³/mol. The number of hydrogen-bond donors (Lipinski definition) is 0. The van der Waals surface area contributed by atoms with Gasteiger partial charge < -0.3 is 14.5 Å². The Morgan fingerprint density at radius 3 is 1.66 bits per heavy atom.